The fraction of sp³-hybridized carbons (Fsp3) is 0.286. The second-order valence-corrected chi connectivity index (χ2v) is 1.66. The van der Waals surface area contributed by atoms with Crippen LogP contribution in [-0.2, 0) is 0 Å². The molecule has 10 heavy (non-hydrogen) atoms. The number of nitrogens with zero attached hydrogens (tertiary/aromatic N) is 1. The molecule has 1 heterocycles. The van der Waals surface area contributed by atoms with Crippen LogP contribution in [0.4, 0.5) is 4.39 Å². The van der Waals surface area contributed by atoms with E-state index in [0.29, 0.717) is 5.75 Å². The number of ether oxygens (including phenoxy) is 1. The molecule has 0 bridgehead atoms. The number of aromatic nitrogens is 1. The number of hydrogen-bond acceptors (Lipinski definition) is 2. The summed E-state index contributed by atoms with van der Waals surface area (Å²) >= 11 is 0. The lowest BCUT2D eigenvalue weighted by atomic mass is 10.5. The monoisotopic (exact) mass is 140 g/mol. The van der Waals surface area contributed by atoms with Gasteiger partial charge in [-0.15, -0.1) is 0 Å². The Kier molecular flexibility index (Phi) is 2.67. The molecule has 0 aliphatic rings. The summed E-state index contributed by atoms with van der Waals surface area (Å²) in [5.41, 5.74) is 0. The average molecular weight is 140 g/mol. The van der Waals surface area contributed by atoms with Crippen LogP contribution in [0.1, 0.15) is 0 Å². The lowest BCUT2D eigenvalue weighted by molar-refractivity contribution is 0.272. The van der Waals surface area contributed by atoms with Crippen LogP contribution in [0.3, 0.4) is 0 Å². The quantitative estimate of drug-likeness (QED) is 0.630. The largest absolute Gasteiger partial charge is 0.489 e. The zero-order valence-electron chi connectivity index (χ0n) is 5.38. The first-order valence-electron chi connectivity index (χ1n) is 2.93. The van der Waals surface area contributed by atoms with E-state index in [-0.39, 0.29) is 6.61 Å². The molecule has 1 radical (unpaired) electrons. The molecule has 0 aromatic carbocycles. The summed E-state index contributed by atoms with van der Waals surface area (Å²) < 4.78 is 16.4. The van der Waals surface area contributed by atoms with Gasteiger partial charge in [-0.3, -0.25) is 4.98 Å². The van der Waals surface area contributed by atoms with Crippen molar-refractivity contribution in [2.75, 3.05) is 13.3 Å². The zero-order chi connectivity index (χ0) is 7.23. The van der Waals surface area contributed by atoms with E-state index >= 15 is 0 Å². The van der Waals surface area contributed by atoms with E-state index in [9.17, 15) is 4.39 Å². The molecule has 0 unspecified atom stereocenters. The summed E-state index contributed by atoms with van der Waals surface area (Å²) in [6.07, 6.45) is 3.04. The first-order valence-corrected chi connectivity index (χ1v) is 2.93. The summed E-state index contributed by atoms with van der Waals surface area (Å²) in [7, 11) is 0. The Bertz CT molecular complexity index is 178. The van der Waals surface area contributed by atoms with Gasteiger partial charge in [0.25, 0.3) is 0 Å². The molecule has 0 aliphatic heterocycles. The van der Waals surface area contributed by atoms with Crippen molar-refractivity contribution >= 4 is 0 Å². The van der Waals surface area contributed by atoms with Gasteiger partial charge >= 0.3 is 0 Å². The molecular weight excluding hydrogens is 133 g/mol. The van der Waals surface area contributed by atoms with Gasteiger partial charge in [0.2, 0.25) is 0 Å². The third-order valence-electron chi connectivity index (χ3n) is 0.922. The van der Waals surface area contributed by atoms with Crippen molar-refractivity contribution in [3.05, 3.63) is 24.5 Å². The molecule has 0 saturated carbocycles. The molecule has 0 aliphatic carbocycles. The van der Waals surface area contributed by atoms with Crippen LogP contribution in [-0.4, -0.2) is 18.3 Å². The molecule has 0 fully saturated rings. The zero-order valence-corrected chi connectivity index (χ0v) is 5.38. The number of halogens is 1. The molecule has 0 amide bonds. The van der Waals surface area contributed by atoms with Crippen molar-refractivity contribution in [1.82, 2.24) is 4.98 Å². The SMILES string of the molecule is FCCOc1c[c]cnc1. The maximum Gasteiger partial charge on any atom is 0.138 e. The topological polar surface area (TPSA) is 22.1 Å². The van der Waals surface area contributed by atoms with Gasteiger partial charge < -0.3 is 4.74 Å². The number of rotatable bonds is 3. The Balaban J connectivity index is 2.43. The number of hydrogen-bond donors (Lipinski definition) is 0. The summed E-state index contributed by atoms with van der Waals surface area (Å²) in [6.45, 7) is -0.394. The second kappa shape index (κ2) is 3.82. The van der Waals surface area contributed by atoms with E-state index < -0.39 is 6.67 Å². The van der Waals surface area contributed by atoms with Crippen molar-refractivity contribution in [3.8, 4) is 5.75 Å². The van der Waals surface area contributed by atoms with E-state index in [0.717, 1.165) is 0 Å². The summed E-state index contributed by atoms with van der Waals surface area (Å²) in [5, 5.41) is 0. The van der Waals surface area contributed by atoms with Crippen LogP contribution < -0.4 is 4.74 Å². The van der Waals surface area contributed by atoms with Crippen molar-refractivity contribution in [2.24, 2.45) is 0 Å². The Hall–Kier alpha value is -1.12. The van der Waals surface area contributed by atoms with E-state index in [1.165, 1.54) is 12.4 Å². The molecule has 1 rings (SSSR count). The highest BCUT2D eigenvalue weighted by molar-refractivity contribution is 5.14. The standard InChI is InChI=1S/C7H7FNO/c8-3-5-10-7-2-1-4-9-6-7/h2,4,6H,3,5H2. The Labute approximate surface area is 58.7 Å². The van der Waals surface area contributed by atoms with Gasteiger partial charge in [0.1, 0.15) is 19.0 Å². The van der Waals surface area contributed by atoms with Gasteiger partial charge in [-0.1, -0.05) is 0 Å². The van der Waals surface area contributed by atoms with Crippen molar-refractivity contribution in [2.45, 2.75) is 0 Å². The highest BCUT2D eigenvalue weighted by atomic mass is 19.1. The predicted molar refractivity (Wildman–Crippen MR) is 34.5 cm³/mol. The summed E-state index contributed by atoms with van der Waals surface area (Å²) in [4.78, 5) is 3.73. The molecule has 0 spiro atoms. The highest BCUT2D eigenvalue weighted by Gasteiger charge is 1.89. The molecule has 0 N–H and O–H groups in total. The molecule has 2 nitrogen and oxygen atoms in total. The van der Waals surface area contributed by atoms with Gasteiger partial charge in [0.15, 0.2) is 0 Å². The van der Waals surface area contributed by atoms with E-state index in [1.54, 1.807) is 6.07 Å². The normalized spacial score (nSPS) is 9.30. The van der Waals surface area contributed by atoms with Crippen LogP contribution in [0.5, 0.6) is 5.75 Å². The van der Waals surface area contributed by atoms with Crippen LogP contribution in [0.25, 0.3) is 0 Å². The van der Waals surface area contributed by atoms with E-state index in [2.05, 4.69) is 11.1 Å². The minimum Gasteiger partial charge on any atom is -0.489 e. The van der Waals surface area contributed by atoms with Crippen molar-refractivity contribution in [1.29, 1.82) is 0 Å². The van der Waals surface area contributed by atoms with Crippen molar-refractivity contribution in [3.63, 3.8) is 0 Å². The third kappa shape index (κ3) is 2.01. The average Bonchev–Trinajstić information content (AvgIpc) is 2.03. The van der Waals surface area contributed by atoms with Crippen LogP contribution in [0.15, 0.2) is 18.5 Å². The van der Waals surface area contributed by atoms with Crippen LogP contribution >= 0.6 is 0 Å². The third-order valence-corrected chi connectivity index (χ3v) is 0.922. The highest BCUT2D eigenvalue weighted by Crippen LogP contribution is 2.04. The maximum atomic E-state index is 11.5. The van der Waals surface area contributed by atoms with Gasteiger partial charge in [0, 0.05) is 12.3 Å². The summed E-state index contributed by atoms with van der Waals surface area (Å²) in [5.74, 6) is 0.556. The summed E-state index contributed by atoms with van der Waals surface area (Å²) in [6, 6.07) is 4.33. The molecule has 0 atom stereocenters. The minimum absolute atomic E-state index is 0.0829. The molecule has 1 aromatic rings. The van der Waals surface area contributed by atoms with E-state index in [4.69, 9.17) is 4.74 Å². The Morgan fingerprint density at radius 2 is 2.60 bits per heavy atom. The predicted octanol–water partition coefficient (Wildman–Crippen LogP) is 1.23. The maximum absolute atomic E-state index is 11.5. The molecular formula is C7H7FNO. The Morgan fingerprint density at radius 3 is 3.20 bits per heavy atom. The molecule has 53 valence electrons. The van der Waals surface area contributed by atoms with Crippen LogP contribution in [0, 0.1) is 6.07 Å². The van der Waals surface area contributed by atoms with Crippen LogP contribution in [0.2, 0.25) is 0 Å². The lowest BCUT2D eigenvalue weighted by Gasteiger charge is -1.99. The number of pyridine rings is 1. The Morgan fingerprint density at radius 1 is 1.70 bits per heavy atom. The second-order valence-electron chi connectivity index (χ2n) is 1.66. The van der Waals surface area contributed by atoms with Gasteiger partial charge in [-0.25, -0.2) is 4.39 Å². The van der Waals surface area contributed by atoms with Gasteiger partial charge in [-0.2, -0.15) is 0 Å². The number of alkyl halides is 1. The fourth-order valence-corrected chi connectivity index (χ4v) is 0.546. The fourth-order valence-electron chi connectivity index (χ4n) is 0.546. The smallest absolute Gasteiger partial charge is 0.138 e. The molecule has 3 heteroatoms. The van der Waals surface area contributed by atoms with Gasteiger partial charge in [0.05, 0.1) is 6.20 Å². The first-order chi connectivity index (χ1) is 4.93. The van der Waals surface area contributed by atoms with E-state index in [1.807, 2.05) is 0 Å². The first kappa shape index (κ1) is 6.99. The van der Waals surface area contributed by atoms with Gasteiger partial charge in [-0.05, 0) is 6.07 Å². The van der Waals surface area contributed by atoms with Crippen molar-refractivity contribution < 1.29 is 9.13 Å². The molecule has 1 aromatic heterocycles. The minimum atomic E-state index is -0.477. The lowest BCUT2D eigenvalue weighted by Crippen LogP contribution is -1.98. The molecule has 0 saturated heterocycles.